The Labute approximate surface area is 76.3 Å². The molecule has 0 radical (unpaired) electrons. The fourth-order valence-electron chi connectivity index (χ4n) is 1.05. The molecule has 0 atom stereocenters. The van der Waals surface area contributed by atoms with Crippen LogP contribution in [-0.4, -0.2) is 19.7 Å². The minimum Gasteiger partial charge on any atom is -0.256 e. The lowest BCUT2D eigenvalue weighted by atomic mass is 10.5. The third-order valence-corrected chi connectivity index (χ3v) is 1.72. The molecule has 0 N–H and O–H groups in total. The van der Waals surface area contributed by atoms with Crippen LogP contribution in [0.5, 0.6) is 0 Å². The molecular weight excluding hydrogens is 164 g/mol. The maximum Gasteiger partial charge on any atom is 0.171 e. The SMILES string of the molecule is Cc1cnc(-n2ccc(C)n2)cn1. The predicted octanol–water partition coefficient (Wildman–Crippen LogP) is 1.28. The summed E-state index contributed by atoms with van der Waals surface area (Å²) >= 11 is 0. The van der Waals surface area contributed by atoms with Crippen LogP contribution in [-0.2, 0) is 0 Å². The number of aromatic nitrogens is 4. The molecule has 13 heavy (non-hydrogen) atoms. The zero-order valence-electron chi connectivity index (χ0n) is 7.60. The standard InChI is InChI=1S/C9H10N4/c1-7-3-4-13(12-7)9-6-10-8(2)5-11-9/h3-6H,1-2H3. The van der Waals surface area contributed by atoms with E-state index in [0.29, 0.717) is 0 Å². The van der Waals surface area contributed by atoms with Gasteiger partial charge in [0.2, 0.25) is 0 Å². The van der Waals surface area contributed by atoms with Crippen LogP contribution in [0.3, 0.4) is 0 Å². The van der Waals surface area contributed by atoms with Crippen LogP contribution >= 0.6 is 0 Å². The first-order valence-corrected chi connectivity index (χ1v) is 4.07. The first kappa shape index (κ1) is 7.91. The maximum absolute atomic E-state index is 4.22. The van der Waals surface area contributed by atoms with Gasteiger partial charge in [-0.05, 0) is 19.9 Å². The summed E-state index contributed by atoms with van der Waals surface area (Å²) in [6.45, 7) is 3.85. The molecule has 4 heteroatoms. The highest BCUT2D eigenvalue weighted by Crippen LogP contribution is 2.02. The largest absolute Gasteiger partial charge is 0.256 e. The molecular formula is C9H10N4. The molecule has 0 bridgehead atoms. The predicted molar refractivity (Wildman–Crippen MR) is 48.6 cm³/mol. The molecule has 0 aliphatic carbocycles. The highest BCUT2D eigenvalue weighted by atomic mass is 15.3. The van der Waals surface area contributed by atoms with Gasteiger partial charge in [-0.25, -0.2) is 9.67 Å². The lowest BCUT2D eigenvalue weighted by Gasteiger charge is -1.98. The van der Waals surface area contributed by atoms with E-state index in [1.165, 1.54) is 0 Å². The number of hydrogen-bond acceptors (Lipinski definition) is 3. The number of rotatable bonds is 1. The smallest absolute Gasteiger partial charge is 0.171 e. The van der Waals surface area contributed by atoms with Crippen molar-refractivity contribution in [2.75, 3.05) is 0 Å². The lowest BCUT2D eigenvalue weighted by Crippen LogP contribution is -1.99. The average molecular weight is 174 g/mol. The summed E-state index contributed by atoms with van der Waals surface area (Å²) < 4.78 is 1.71. The van der Waals surface area contributed by atoms with Crippen molar-refractivity contribution in [2.45, 2.75) is 13.8 Å². The molecule has 0 spiro atoms. The Morgan fingerprint density at radius 2 is 1.92 bits per heavy atom. The van der Waals surface area contributed by atoms with Crippen LogP contribution in [0.2, 0.25) is 0 Å². The van der Waals surface area contributed by atoms with Gasteiger partial charge in [0.05, 0.1) is 23.8 Å². The molecule has 0 fully saturated rings. The second-order valence-corrected chi connectivity index (χ2v) is 2.92. The van der Waals surface area contributed by atoms with E-state index in [2.05, 4.69) is 15.1 Å². The highest BCUT2D eigenvalue weighted by molar-refractivity contribution is 5.18. The van der Waals surface area contributed by atoms with Crippen molar-refractivity contribution in [1.29, 1.82) is 0 Å². The topological polar surface area (TPSA) is 43.6 Å². The van der Waals surface area contributed by atoms with Gasteiger partial charge >= 0.3 is 0 Å². The molecule has 66 valence electrons. The van der Waals surface area contributed by atoms with Gasteiger partial charge < -0.3 is 0 Å². The quantitative estimate of drug-likeness (QED) is 0.654. The van der Waals surface area contributed by atoms with E-state index in [9.17, 15) is 0 Å². The van der Waals surface area contributed by atoms with Crippen molar-refractivity contribution in [3.8, 4) is 5.82 Å². The number of aryl methyl sites for hydroxylation is 2. The molecule has 0 aromatic carbocycles. The first-order chi connectivity index (χ1) is 6.25. The molecule has 0 saturated carbocycles. The van der Waals surface area contributed by atoms with Gasteiger partial charge in [0.1, 0.15) is 0 Å². The second-order valence-electron chi connectivity index (χ2n) is 2.92. The monoisotopic (exact) mass is 174 g/mol. The van der Waals surface area contributed by atoms with Gasteiger partial charge in [-0.3, -0.25) is 4.98 Å². The average Bonchev–Trinajstić information content (AvgIpc) is 2.53. The molecule has 0 aliphatic heterocycles. The van der Waals surface area contributed by atoms with Gasteiger partial charge in [0, 0.05) is 6.20 Å². The van der Waals surface area contributed by atoms with E-state index < -0.39 is 0 Å². The van der Waals surface area contributed by atoms with E-state index >= 15 is 0 Å². The summed E-state index contributed by atoms with van der Waals surface area (Å²) in [5, 5.41) is 4.22. The third kappa shape index (κ3) is 1.56. The van der Waals surface area contributed by atoms with Gasteiger partial charge in [-0.15, -0.1) is 0 Å². The number of nitrogens with zero attached hydrogens (tertiary/aromatic N) is 4. The Morgan fingerprint density at radius 1 is 1.08 bits per heavy atom. The molecule has 4 nitrogen and oxygen atoms in total. The Kier molecular flexibility index (Phi) is 1.81. The van der Waals surface area contributed by atoms with Crippen molar-refractivity contribution in [3.05, 3.63) is 36.0 Å². The molecule has 0 saturated heterocycles. The van der Waals surface area contributed by atoms with Crippen molar-refractivity contribution in [1.82, 2.24) is 19.7 Å². The van der Waals surface area contributed by atoms with E-state index in [-0.39, 0.29) is 0 Å². The molecule has 0 unspecified atom stereocenters. The third-order valence-electron chi connectivity index (χ3n) is 1.72. The van der Waals surface area contributed by atoms with E-state index in [1.807, 2.05) is 26.1 Å². The van der Waals surface area contributed by atoms with Crippen LogP contribution < -0.4 is 0 Å². The molecule has 2 aromatic rings. The lowest BCUT2D eigenvalue weighted by molar-refractivity contribution is 0.821. The highest BCUT2D eigenvalue weighted by Gasteiger charge is 1.98. The first-order valence-electron chi connectivity index (χ1n) is 4.07. The Bertz CT molecular complexity index is 402. The van der Waals surface area contributed by atoms with Gasteiger partial charge in [0.15, 0.2) is 5.82 Å². The summed E-state index contributed by atoms with van der Waals surface area (Å²) in [5.41, 5.74) is 1.88. The molecule has 0 aliphatic rings. The van der Waals surface area contributed by atoms with Crippen molar-refractivity contribution >= 4 is 0 Å². The van der Waals surface area contributed by atoms with E-state index in [4.69, 9.17) is 0 Å². The minimum atomic E-state index is 0.749. The minimum absolute atomic E-state index is 0.749. The maximum atomic E-state index is 4.22. The molecule has 2 aromatic heterocycles. The van der Waals surface area contributed by atoms with Gasteiger partial charge in [0.25, 0.3) is 0 Å². The zero-order valence-corrected chi connectivity index (χ0v) is 7.60. The summed E-state index contributed by atoms with van der Waals surface area (Å²) in [6, 6.07) is 1.93. The molecule has 2 heterocycles. The summed E-state index contributed by atoms with van der Waals surface area (Å²) in [7, 11) is 0. The normalized spacial score (nSPS) is 10.3. The summed E-state index contributed by atoms with van der Waals surface area (Å²) in [4.78, 5) is 8.34. The Morgan fingerprint density at radius 3 is 2.46 bits per heavy atom. The zero-order chi connectivity index (χ0) is 9.26. The van der Waals surface area contributed by atoms with E-state index in [0.717, 1.165) is 17.2 Å². The van der Waals surface area contributed by atoms with Crippen LogP contribution in [0.15, 0.2) is 24.7 Å². The fourth-order valence-corrected chi connectivity index (χ4v) is 1.05. The number of hydrogen-bond donors (Lipinski definition) is 0. The second kappa shape index (κ2) is 2.97. The summed E-state index contributed by atoms with van der Waals surface area (Å²) in [6.07, 6.45) is 5.31. The van der Waals surface area contributed by atoms with Crippen molar-refractivity contribution in [2.24, 2.45) is 0 Å². The Hall–Kier alpha value is -1.71. The van der Waals surface area contributed by atoms with Crippen LogP contribution in [0.1, 0.15) is 11.4 Å². The fraction of sp³-hybridized carbons (Fsp3) is 0.222. The Balaban J connectivity index is 2.41. The van der Waals surface area contributed by atoms with Crippen LogP contribution in [0.4, 0.5) is 0 Å². The van der Waals surface area contributed by atoms with Gasteiger partial charge in [-0.2, -0.15) is 5.10 Å². The van der Waals surface area contributed by atoms with Crippen LogP contribution in [0, 0.1) is 13.8 Å². The summed E-state index contributed by atoms with van der Waals surface area (Å²) in [5.74, 6) is 0.749. The van der Waals surface area contributed by atoms with Crippen molar-refractivity contribution in [3.63, 3.8) is 0 Å². The van der Waals surface area contributed by atoms with Crippen LogP contribution in [0.25, 0.3) is 5.82 Å². The van der Waals surface area contributed by atoms with Crippen molar-refractivity contribution < 1.29 is 0 Å². The molecule has 2 rings (SSSR count). The molecule has 0 amide bonds. The van der Waals surface area contributed by atoms with Gasteiger partial charge in [-0.1, -0.05) is 0 Å². The van der Waals surface area contributed by atoms with E-state index in [1.54, 1.807) is 17.1 Å².